The van der Waals surface area contributed by atoms with Gasteiger partial charge in [-0.25, -0.2) is 4.79 Å². The van der Waals surface area contributed by atoms with Crippen LogP contribution in [0.15, 0.2) is 10.9 Å². The lowest BCUT2D eigenvalue weighted by Crippen LogP contribution is -2.23. The second-order valence-electron chi connectivity index (χ2n) is 3.96. The molecule has 0 aromatic carbocycles. The predicted molar refractivity (Wildman–Crippen MR) is 59.7 cm³/mol. The number of esters is 1. The summed E-state index contributed by atoms with van der Waals surface area (Å²) in [6.07, 6.45) is 1.70. The molecule has 0 N–H and O–H groups in total. The highest BCUT2D eigenvalue weighted by Crippen LogP contribution is 2.20. The lowest BCUT2D eigenvalue weighted by molar-refractivity contribution is 0.0523. The smallest absolute Gasteiger partial charge is 0.340 e. The average Bonchev–Trinajstić information content (AvgIpc) is 2.66. The molecule has 0 saturated heterocycles. The molecule has 2 rings (SSSR count). The fourth-order valence-corrected chi connectivity index (χ4v) is 2.22. The van der Waals surface area contributed by atoms with Crippen LogP contribution in [0.3, 0.4) is 0 Å². The van der Waals surface area contributed by atoms with Crippen LogP contribution in [0.4, 0.5) is 0 Å². The summed E-state index contributed by atoms with van der Waals surface area (Å²) in [7, 11) is 0. The number of hydrogen-bond donors (Lipinski definition) is 0. The van der Waals surface area contributed by atoms with Gasteiger partial charge in [-0.05, 0) is 32.3 Å². The summed E-state index contributed by atoms with van der Waals surface area (Å²) in [5, 5.41) is 0. The molecule has 1 aromatic rings. The number of rotatable bonds is 2. The summed E-state index contributed by atoms with van der Waals surface area (Å²) in [5.41, 5.74) is 2.12. The number of aryl methyl sites for hydroxylation is 1. The maximum absolute atomic E-state index is 11.8. The van der Waals surface area contributed by atoms with Crippen molar-refractivity contribution in [3.8, 4) is 0 Å². The summed E-state index contributed by atoms with van der Waals surface area (Å²) in [4.78, 5) is 23.5. The fourth-order valence-electron chi connectivity index (χ4n) is 2.22. The molecule has 0 amide bonds. The molecule has 0 bridgehead atoms. The first-order valence-electron chi connectivity index (χ1n) is 5.55. The van der Waals surface area contributed by atoms with Gasteiger partial charge < -0.3 is 9.30 Å². The molecule has 4 heteroatoms. The summed E-state index contributed by atoms with van der Waals surface area (Å²) in [5.74, 6) is -0.314. The first-order valence-corrected chi connectivity index (χ1v) is 5.55. The van der Waals surface area contributed by atoms with Crippen LogP contribution in [0, 0.1) is 6.92 Å². The van der Waals surface area contributed by atoms with E-state index in [0.717, 1.165) is 24.1 Å². The topological polar surface area (TPSA) is 48.3 Å². The Morgan fingerprint density at radius 2 is 2.31 bits per heavy atom. The maximum Gasteiger partial charge on any atom is 0.340 e. The van der Waals surface area contributed by atoms with Crippen molar-refractivity contribution in [3.05, 3.63) is 33.2 Å². The Kier molecular flexibility index (Phi) is 2.81. The molecule has 4 nitrogen and oxygen atoms in total. The van der Waals surface area contributed by atoms with Crippen LogP contribution in [0.2, 0.25) is 0 Å². The Balaban J connectivity index is 2.57. The van der Waals surface area contributed by atoms with E-state index >= 15 is 0 Å². The fraction of sp³-hybridized carbons (Fsp3) is 0.500. The van der Waals surface area contributed by atoms with Crippen LogP contribution in [0.1, 0.15) is 35.0 Å². The average molecular weight is 221 g/mol. The van der Waals surface area contributed by atoms with Crippen molar-refractivity contribution in [2.45, 2.75) is 33.2 Å². The van der Waals surface area contributed by atoms with Gasteiger partial charge in [-0.1, -0.05) is 0 Å². The van der Waals surface area contributed by atoms with E-state index in [2.05, 4.69) is 0 Å². The normalized spacial score (nSPS) is 13.6. The van der Waals surface area contributed by atoms with E-state index in [9.17, 15) is 9.59 Å². The Bertz CT molecular complexity index is 488. The van der Waals surface area contributed by atoms with E-state index in [0.29, 0.717) is 18.7 Å². The van der Waals surface area contributed by atoms with E-state index < -0.39 is 0 Å². The number of carbonyl (C=O) groups is 1. The SMILES string of the molecule is CCOC(=O)c1c(C)cc(=O)n2c1CCC2. The molecule has 86 valence electrons. The monoisotopic (exact) mass is 221 g/mol. The van der Waals surface area contributed by atoms with Gasteiger partial charge >= 0.3 is 5.97 Å². The standard InChI is InChI=1S/C12H15NO3/c1-3-16-12(15)11-8(2)7-10(14)13-6-4-5-9(11)13/h7H,3-6H2,1-2H3. The number of aromatic nitrogens is 1. The minimum absolute atomic E-state index is 0.0157. The van der Waals surface area contributed by atoms with Crippen LogP contribution >= 0.6 is 0 Å². The summed E-state index contributed by atoms with van der Waals surface area (Å²) in [6.45, 7) is 4.63. The van der Waals surface area contributed by atoms with E-state index in [1.807, 2.05) is 0 Å². The van der Waals surface area contributed by atoms with Crippen LogP contribution in [-0.4, -0.2) is 17.1 Å². The van der Waals surface area contributed by atoms with Gasteiger partial charge in [0.05, 0.1) is 12.2 Å². The Hall–Kier alpha value is -1.58. The molecule has 2 heterocycles. The molecule has 0 saturated carbocycles. The van der Waals surface area contributed by atoms with E-state index in [4.69, 9.17) is 4.74 Å². The second kappa shape index (κ2) is 4.12. The Morgan fingerprint density at radius 1 is 1.56 bits per heavy atom. The van der Waals surface area contributed by atoms with Crippen molar-refractivity contribution >= 4 is 5.97 Å². The zero-order valence-corrected chi connectivity index (χ0v) is 9.58. The molecule has 0 radical (unpaired) electrons. The first kappa shape index (κ1) is 10.9. The van der Waals surface area contributed by atoms with E-state index in [-0.39, 0.29) is 11.5 Å². The summed E-state index contributed by atoms with van der Waals surface area (Å²) >= 11 is 0. The number of ether oxygens (including phenoxy) is 1. The van der Waals surface area contributed by atoms with Gasteiger partial charge in [0.25, 0.3) is 5.56 Å². The number of carbonyl (C=O) groups excluding carboxylic acids is 1. The minimum Gasteiger partial charge on any atom is -0.462 e. The molecule has 1 aliphatic rings. The summed E-state index contributed by atoms with van der Waals surface area (Å²) in [6, 6.07) is 1.51. The van der Waals surface area contributed by atoms with Gasteiger partial charge in [0.2, 0.25) is 0 Å². The van der Waals surface area contributed by atoms with Crippen molar-refractivity contribution in [1.29, 1.82) is 0 Å². The van der Waals surface area contributed by atoms with Gasteiger partial charge in [0.1, 0.15) is 0 Å². The number of fused-ring (bicyclic) bond motifs is 1. The highest BCUT2D eigenvalue weighted by atomic mass is 16.5. The maximum atomic E-state index is 11.8. The highest BCUT2D eigenvalue weighted by Gasteiger charge is 2.23. The zero-order valence-electron chi connectivity index (χ0n) is 9.58. The molecule has 0 aliphatic carbocycles. The molecule has 0 atom stereocenters. The molecule has 1 aromatic heterocycles. The number of pyridine rings is 1. The molecule has 0 spiro atoms. The molecular formula is C12H15NO3. The predicted octanol–water partition coefficient (Wildman–Crippen LogP) is 1.28. The van der Waals surface area contributed by atoms with Crippen LogP contribution in [0.5, 0.6) is 0 Å². The quantitative estimate of drug-likeness (QED) is 0.707. The zero-order chi connectivity index (χ0) is 11.7. The summed E-state index contributed by atoms with van der Waals surface area (Å²) < 4.78 is 6.70. The van der Waals surface area contributed by atoms with E-state index in [1.165, 1.54) is 6.07 Å². The molecule has 0 fully saturated rings. The van der Waals surface area contributed by atoms with Crippen molar-refractivity contribution in [3.63, 3.8) is 0 Å². The first-order chi connectivity index (χ1) is 7.65. The highest BCUT2D eigenvalue weighted by molar-refractivity contribution is 5.92. The van der Waals surface area contributed by atoms with Gasteiger partial charge in [-0.2, -0.15) is 0 Å². The van der Waals surface area contributed by atoms with Crippen LogP contribution < -0.4 is 5.56 Å². The molecule has 0 unspecified atom stereocenters. The third kappa shape index (κ3) is 1.64. The minimum atomic E-state index is -0.314. The lowest BCUT2D eigenvalue weighted by atomic mass is 10.1. The third-order valence-corrected chi connectivity index (χ3v) is 2.89. The largest absolute Gasteiger partial charge is 0.462 e. The van der Waals surface area contributed by atoms with Crippen LogP contribution in [0.25, 0.3) is 0 Å². The van der Waals surface area contributed by atoms with Crippen molar-refractivity contribution < 1.29 is 9.53 Å². The second-order valence-corrected chi connectivity index (χ2v) is 3.96. The number of hydrogen-bond acceptors (Lipinski definition) is 3. The van der Waals surface area contributed by atoms with Gasteiger partial charge in [0.15, 0.2) is 0 Å². The third-order valence-electron chi connectivity index (χ3n) is 2.89. The van der Waals surface area contributed by atoms with Crippen molar-refractivity contribution in [2.75, 3.05) is 6.61 Å². The Morgan fingerprint density at radius 3 is 3.00 bits per heavy atom. The molecule has 16 heavy (non-hydrogen) atoms. The van der Waals surface area contributed by atoms with Gasteiger partial charge in [-0.15, -0.1) is 0 Å². The van der Waals surface area contributed by atoms with Crippen LogP contribution in [-0.2, 0) is 17.7 Å². The Labute approximate surface area is 93.8 Å². The van der Waals surface area contributed by atoms with Gasteiger partial charge in [-0.3, -0.25) is 4.79 Å². The molecular weight excluding hydrogens is 206 g/mol. The molecule has 1 aliphatic heterocycles. The van der Waals surface area contributed by atoms with Crippen molar-refractivity contribution in [2.24, 2.45) is 0 Å². The lowest BCUT2D eigenvalue weighted by Gasteiger charge is -2.11. The van der Waals surface area contributed by atoms with Gasteiger partial charge in [0, 0.05) is 18.3 Å². The van der Waals surface area contributed by atoms with Crippen molar-refractivity contribution in [1.82, 2.24) is 4.57 Å². The number of nitrogens with zero attached hydrogens (tertiary/aromatic N) is 1. The van der Waals surface area contributed by atoms with E-state index in [1.54, 1.807) is 18.4 Å².